The fraction of sp³-hybridized carbons (Fsp3) is 0.125. The second-order valence-corrected chi connectivity index (χ2v) is 4.55. The van der Waals surface area contributed by atoms with Crippen LogP contribution in [0, 0.1) is 0 Å². The Morgan fingerprint density at radius 3 is 2.48 bits per heavy atom. The zero-order valence-corrected chi connectivity index (χ0v) is 13.3. The molecular formula is C16H16BrN3O. The van der Waals surface area contributed by atoms with Crippen molar-refractivity contribution < 1.29 is 4.79 Å². The number of fused-ring (bicyclic) bond motifs is 1. The molecule has 21 heavy (non-hydrogen) atoms. The number of hydrogen-bond donors (Lipinski definition) is 1. The number of hydrogen-bond acceptors (Lipinski definition) is 3. The van der Waals surface area contributed by atoms with Crippen LogP contribution in [0.15, 0.2) is 54.6 Å². The van der Waals surface area contributed by atoms with Crippen molar-refractivity contribution in [2.75, 3.05) is 12.4 Å². The molecule has 1 N–H and O–H groups in total. The Balaban J connectivity index is 0.00000161. The van der Waals surface area contributed by atoms with Crippen molar-refractivity contribution in [1.29, 1.82) is 0 Å². The minimum absolute atomic E-state index is 0. The Morgan fingerprint density at radius 1 is 1.10 bits per heavy atom. The van der Waals surface area contributed by atoms with Crippen molar-refractivity contribution in [1.82, 2.24) is 9.55 Å². The van der Waals surface area contributed by atoms with Gasteiger partial charge >= 0.3 is 0 Å². The van der Waals surface area contributed by atoms with Gasteiger partial charge in [0.1, 0.15) is 0 Å². The lowest BCUT2D eigenvalue weighted by Gasteiger charge is -2.07. The van der Waals surface area contributed by atoms with E-state index in [4.69, 9.17) is 0 Å². The van der Waals surface area contributed by atoms with Crippen LogP contribution in [0.1, 0.15) is 10.4 Å². The first kappa shape index (κ1) is 15.3. The Kier molecular flexibility index (Phi) is 4.75. The number of halogens is 1. The zero-order chi connectivity index (χ0) is 13.9. The maximum atomic E-state index is 12.3. The van der Waals surface area contributed by atoms with Crippen LogP contribution in [0.4, 0.5) is 5.95 Å². The fourth-order valence-electron chi connectivity index (χ4n) is 2.29. The third-order valence-electron chi connectivity index (χ3n) is 3.28. The van der Waals surface area contributed by atoms with Crippen LogP contribution in [-0.4, -0.2) is 22.4 Å². The van der Waals surface area contributed by atoms with Crippen LogP contribution in [-0.2, 0) is 6.54 Å². The summed E-state index contributed by atoms with van der Waals surface area (Å²) in [6.07, 6.45) is 0. The number of nitrogens with one attached hydrogen (secondary N) is 1. The molecule has 108 valence electrons. The van der Waals surface area contributed by atoms with E-state index in [-0.39, 0.29) is 29.3 Å². The molecule has 5 heteroatoms. The molecule has 0 atom stereocenters. The molecule has 3 aromatic rings. The first-order valence-electron chi connectivity index (χ1n) is 6.51. The van der Waals surface area contributed by atoms with Crippen LogP contribution in [0.2, 0.25) is 0 Å². The summed E-state index contributed by atoms with van der Waals surface area (Å²) in [7, 11) is 1.81. The highest BCUT2D eigenvalue weighted by atomic mass is 79.9. The summed E-state index contributed by atoms with van der Waals surface area (Å²) < 4.78 is 1.91. The molecule has 2 aromatic carbocycles. The highest BCUT2D eigenvalue weighted by Gasteiger charge is 2.13. The van der Waals surface area contributed by atoms with Gasteiger partial charge in [-0.1, -0.05) is 42.5 Å². The lowest BCUT2D eigenvalue weighted by Crippen LogP contribution is -2.12. The van der Waals surface area contributed by atoms with Gasteiger partial charge in [-0.15, -0.1) is 17.0 Å². The summed E-state index contributed by atoms with van der Waals surface area (Å²) in [5, 5.41) is 3.04. The van der Waals surface area contributed by atoms with Crippen LogP contribution < -0.4 is 5.32 Å². The Hall–Kier alpha value is -2.14. The topological polar surface area (TPSA) is 46.9 Å². The normalized spacial score (nSPS) is 10.1. The Labute approximate surface area is 133 Å². The van der Waals surface area contributed by atoms with Gasteiger partial charge < -0.3 is 9.88 Å². The fourth-order valence-corrected chi connectivity index (χ4v) is 2.29. The number of Topliss-reactive ketones (excluding diaryl/α,β-unsaturated/α-hetero) is 1. The number of nitrogens with zero attached hydrogens (tertiary/aromatic N) is 2. The molecule has 0 saturated carbocycles. The molecule has 0 amide bonds. The van der Waals surface area contributed by atoms with Crippen molar-refractivity contribution in [3.8, 4) is 0 Å². The predicted octanol–water partition coefficient (Wildman–Crippen LogP) is 3.54. The van der Waals surface area contributed by atoms with Crippen molar-refractivity contribution in [2.24, 2.45) is 0 Å². The maximum absolute atomic E-state index is 12.3. The number of rotatable bonds is 4. The van der Waals surface area contributed by atoms with Gasteiger partial charge in [0.25, 0.3) is 0 Å². The van der Waals surface area contributed by atoms with E-state index in [0.29, 0.717) is 11.5 Å². The number of imidazole rings is 1. The molecular weight excluding hydrogens is 330 g/mol. The molecule has 0 bridgehead atoms. The maximum Gasteiger partial charge on any atom is 0.204 e. The van der Waals surface area contributed by atoms with Gasteiger partial charge in [0.15, 0.2) is 5.78 Å². The molecule has 0 saturated heterocycles. The second kappa shape index (κ2) is 6.54. The molecule has 0 unspecified atom stereocenters. The summed E-state index contributed by atoms with van der Waals surface area (Å²) in [5.74, 6) is 0.778. The summed E-state index contributed by atoms with van der Waals surface area (Å²) in [6, 6.07) is 17.1. The lowest BCUT2D eigenvalue weighted by molar-refractivity contribution is 0.0974. The smallest absolute Gasteiger partial charge is 0.204 e. The van der Waals surface area contributed by atoms with Crippen molar-refractivity contribution >= 4 is 39.7 Å². The summed E-state index contributed by atoms with van der Waals surface area (Å²) in [4.78, 5) is 16.8. The van der Waals surface area contributed by atoms with E-state index < -0.39 is 0 Å². The number of ketones is 1. The molecule has 3 rings (SSSR count). The standard InChI is InChI=1S/C16H15N3O.BrH/c1-17-16-18-13-9-5-6-10-14(13)19(16)11-15(20)12-7-3-2-4-8-12;/h2-10H,11H2,1H3,(H,17,18);1H. The molecule has 1 heterocycles. The van der Waals surface area contributed by atoms with Crippen molar-refractivity contribution in [3.05, 3.63) is 60.2 Å². The molecule has 1 aromatic heterocycles. The minimum Gasteiger partial charge on any atom is -0.359 e. The second-order valence-electron chi connectivity index (χ2n) is 4.55. The van der Waals surface area contributed by atoms with Crippen molar-refractivity contribution in [2.45, 2.75) is 6.54 Å². The van der Waals surface area contributed by atoms with Gasteiger partial charge in [-0.25, -0.2) is 4.98 Å². The monoisotopic (exact) mass is 345 g/mol. The van der Waals surface area contributed by atoms with E-state index >= 15 is 0 Å². The average molecular weight is 346 g/mol. The Morgan fingerprint density at radius 2 is 1.76 bits per heavy atom. The van der Waals surface area contributed by atoms with Gasteiger partial charge in [0.05, 0.1) is 17.6 Å². The van der Waals surface area contributed by atoms with Crippen LogP contribution in [0.5, 0.6) is 0 Å². The third kappa shape index (κ3) is 2.97. The summed E-state index contributed by atoms with van der Waals surface area (Å²) >= 11 is 0. The van der Waals surface area contributed by atoms with Crippen molar-refractivity contribution in [3.63, 3.8) is 0 Å². The average Bonchev–Trinajstić information content (AvgIpc) is 2.86. The first-order valence-corrected chi connectivity index (χ1v) is 6.51. The van der Waals surface area contributed by atoms with E-state index in [2.05, 4.69) is 10.3 Å². The predicted molar refractivity (Wildman–Crippen MR) is 90.4 cm³/mol. The summed E-state index contributed by atoms with van der Waals surface area (Å²) in [6.45, 7) is 0.278. The first-order chi connectivity index (χ1) is 9.79. The summed E-state index contributed by atoms with van der Waals surface area (Å²) in [5.41, 5.74) is 2.56. The van der Waals surface area contributed by atoms with Gasteiger partial charge in [0.2, 0.25) is 5.95 Å². The molecule has 0 radical (unpaired) electrons. The number of para-hydroxylation sites is 2. The van der Waals surface area contributed by atoms with E-state index in [1.807, 2.05) is 66.2 Å². The third-order valence-corrected chi connectivity index (χ3v) is 3.28. The number of aromatic nitrogens is 2. The van der Waals surface area contributed by atoms with Gasteiger partial charge in [-0.05, 0) is 12.1 Å². The largest absolute Gasteiger partial charge is 0.359 e. The van der Waals surface area contributed by atoms with E-state index in [0.717, 1.165) is 11.0 Å². The van der Waals surface area contributed by atoms with E-state index in [1.54, 1.807) is 0 Å². The number of carbonyl (C=O) groups excluding carboxylic acids is 1. The molecule has 0 aliphatic rings. The molecule has 0 aliphatic heterocycles. The van der Waals surface area contributed by atoms with Crippen LogP contribution in [0.3, 0.4) is 0 Å². The van der Waals surface area contributed by atoms with Gasteiger partial charge in [-0.2, -0.15) is 0 Å². The zero-order valence-electron chi connectivity index (χ0n) is 11.6. The number of anilines is 1. The Bertz CT molecular complexity index is 753. The molecule has 0 spiro atoms. The van der Waals surface area contributed by atoms with Crippen LogP contribution in [0.25, 0.3) is 11.0 Å². The van der Waals surface area contributed by atoms with E-state index in [1.165, 1.54) is 0 Å². The molecule has 0 aliphatic carbocycles. The van der Waals surface area contributed by atoms with Crippen LogP contribution >= 0.6 is 17.0 Å². The lowest BCUT2D eigenvalue weighted by atomic mass is 10.1. The highest BCUT2D eigenvalue weighted by molar-refractivity contribution is 8.93. The number of benzene rings is 2. The van der Waals surface area contributed by atoms with E-state index in [9.17, 15) is 4.79 Å². The highest BCUT2D eigenvalue weighted by Crippen LogP contribution is 2.19. The minimum atomic E-state index is 0. The SMILES string of the molecule is Br.CNc1nc2ccccc2n1CC(=O)c1ccccc1. The van der Waals surface area contributed by atoms with Gasteiger partial charge in [0, 0.05) is 12.6 Å². The molecule has 0 fully saturated rings. The quantitative estimate of drug-likeness (QED) is 0.735. The number of carbonyl (C=O) groups is 1. The van der Waals surface area contributed by atoms with Gasteiger partial charge in [-0.3, -0.25) is 4.79 Å². The molecule has 4 nitrogen and oxygen atoms in total.